The molecule has 0 aromatic rings. The van der Waals surface area contributed by atoms with Crippen LogP contribution in [0.4, 0.5) is 0 Å². The summed E-state index contributed by atoms with van der Waals surface area (Å²) in [6.07, 6.45) is 14.0. The topological polar surface area (TPSA) is 18.5 Å². The fraction of sp³-hybridized carbons (Fsp3) is 0.935. The van der Waals surface area contributed by atoms with E-state index in [4.69, 9.17) is 8.85 Å². The van der Waals surface area contributed by atoms with Gasteiger partial charge < -0.3 is 8.85 Å². The number of hydrogen-bond acceptors (Lipinski definition) is 2. The summed E-state index contributed by atoms with van der Waals surface area (Å²) in [6.45, 7) is 29.4. The van der Waals surface area contributed by atoms with E-state index in [1.54, 1.807) is 5.57 Å². The van der Waals surface area contributed by atoms with Gasteiger partial charge in [0.2, 0.25) is 0 Å². The maximum Gasteiger partial charge on any atom is 0.192 e. The molecule has 0 unspecified atom stereocenters. The van der Waals surface area contributed by atoms with Crippen LogP contribution >= 0.6 is 0 Å². The fourth-order valence-corrected chi connectivity index (χ4v) is 10.8. The van der Waals surface area contributed by atoms with Crippen LogP contribution in [0.15, 0.2) is 11.6 Å². The maximum atomic E-state index is 7.47. The lowest BCUT2D eigenvalue weighted by Crippen LogP contribution is -2.59. The molecule has 0 heterocycles. The van der Waals surface area contributed by atoms with Crippen molar-refractivity contribution in [2.45, 2.75) is 155 Å². The standard InChI is InChI=1S/C31H58O2Si2/c1-28(2,3)34(9,10)32-23-20-22-15-16-24-25-14-13-18-30(25,7)19-17-26(24)31(22,8)27(21-23)33-35(11,12)29(4,5)6/h15,23-27H,13-14,16-21H2,1-12H3/t23-,24+,25+,26+,27+,30+,31+/m1/s1. The van der Waals surface area contributed by atoms with Crippen LogP contribution in [0, 0.1) is 28.6 Å². The molecular formula is C31H58O2Si2. The van der Waals surface area contributed by atoms with Gasteiger partial charge in [-0.25, -0.2) is 0 Å². The second kappa shape index (κ2) is 8.81. The van der Waals surface area contributed by atoms with E-state index in [-0.39, 0.29) is 21.6 Å². The summed E-state index contributed by atoms with van der Waals surface area (Å²) in [5, 5.41) is 0.469. The molecule has 0 bridgehead atoms. The molecular weight excluding hydrogens is 461 g/mol. The average Bonchev–Trinajstić information content (AvgIpc) is 3.08. The molecule has 0 aliphatic heterocycles. The molecule has 35 heavy (non-hydrogen) atoms. The van der Waals surface area contributed by atoms with Gasteiger partial charge in [0.25, 0.3) is 0 Å². The summed E-state index contributed by atoms with van der Waals surface area (Å²) in [5.74, 6) is 2.56. The van der Waals surface area contributed by atoms with Crippen molar-refractivity contribution in [3.8, 4) is 0 Å². The van der Waals surface area contributed by atoms with Crippen LogP contribution < -0.4 is 0 Å². The first-order valence-corrected chi connectivity index (χ1v) is 20.7. The molecule has 4 aliphatic carbocycles. The quantitative estimate of drug-likeness (QED) is 0.272. The van der Waals surface area contributed by atoms with Crippen LogP contribution in [0.1, 0.15) is 107 Å². The summed E-state index contributed by atoms with van der Waals surface area (Å²) in [7, 11) is -3.74. The molecule has 7 atom stereocenters. The first-order valence-electron chi connectivity index (χ1n) is 14.9. The zero-order chi connectivity index (χ0) is 26.2. The van der Waals surface area contributed by atoms with Crippen molar-refractivity contribution < 1.29 is 8.85 Å². The van der Waals surface area contributed by atoms with Gasteiger partial charge in [0, 0.05) is 5.41 Å². The van der Waals surface area contributed by atoms with Crippen molar-refractivity contribution >= 4 is 16.6 Å². The highest BCUT2D eigenvalue weighted by Crippen LogP contribution is 2.66. The first kappa shape index (κ1) is 28.1. The first-order chi connectivity index (χ1) is 15.8. The Morgan fingerprint density at radius 2 is 1.43 bits per heavy atom. The predicted octanol–water partition coefficient (Wildman–Crippen LogP) is 9.73. The number of rotatable bonds is 4. The monoisotopic (exact) mass is 518 g/mol. The van der Waals surface area contributed by atoms with E-state index in [1.165, 1.54) is 38.5 Å². The summed E-state index contributed by atoms with van der Waals surface area (Å²) < 4.78 is 14.6. The molecule has 0 amide bonds. The molecule has 3 saturated carbocycles. The maximum absolute atomic E-state index is 7.47. The van der Waals surface area contributed by atoms with E-state index in [1.807, 2.05) is 0 Å². The van der Waals surface area contributed by atoms with Crippen LogP contribution in [0.5, 0.6) is 0 Å². The lowest BCUT2D eigenvalue weighted by atomic mass is 9.47. The lowest BCUT2D eigenvalue weighted by molar-refractivity contribution is -0.0924. The van der Waals surface area contributed by atoms with Gasteiger partial charge in [0.15, 0.2) is 16.6 Å². The molecule has 3 fully saturated rings. The predicted molar refractivity (Wildman–Crippen MR) is 156 cm³/mol. The minimum Gasteiger partial charge on any atom is -0.414 e. The van der Waals surface area contributed by atoms with Gasteiger partial charge in [-0.1, -0.05) is 73.5 Å². The fourth-order valence-electron chi connectivity index (χ4n) is 8.04. The summed E-state index contributed by atoms with van der Waals surface area (Å²) >= 11 is 0. The highest BCUT2D eigenvalue weighted by molar-refractivity contribution is 6.74. The van der Waals surface area contributed by atoms with E-state index in [0.717, 1.165) is 30.6 Å². The Morgan fingerprint density at radius 3 is 2.03 bits per heavy atom. The van der Waals surface area contributed by atoms with Crippen molar-refractivity contribution in [3.63, 3.8) is 0 Å². The molecule has 0 saturated heterocycles. The van der Waals surface area contributed by atoms with E-state index >= 15 is 0 Å². The molecule has 0 spiro atoms. The average molecular weight is 519 g/mol. The largest absolute Gasteiger partial charge is 0.414 e. The molecule has 202 valence electrons. The zero-order valence-corrected chi connectivity index (χ0v) is 27.4. The minimum atomic E-state index is -1.91. The van der Waals surface area contributed by atoms with Crippen molar-refractivity contribution in [1.29, 1.82) is 0 Å². The van der Waals surface area contributed by atoms with E-state index in [0.29, 0.717) is 11.5 Å². The third-order valence-electron chi connectivity index (χ3n) is 12.4. The summed E-state index contributed by atoms with van der Waals surface area (Å²) in [5.41, 5.74) is 2.47. The van der Waals surface area contributed by atoms with Crippen LogP contribution in [-0.2, 0) is 8.85 Å². The molecule has 0 radical (unpaired) electrons. The van der Waals surface area contributed by atoms with Gasteiger partial charge in [-0.2, -0.15) is 0 Å². The summed E-state index contributed by atoms with van der Waals surface area (Å²) in [6, 6.07) is 0. The SMILES string of the molecule is CC(C)(C)[Si](C)(C)O[C@@H]1CC2=CC[C@H]3[C@@H]4CCC[C@@]4(C)CC[C@@H]3[C@@]2(C)[C@@H](O[Si](C)(C)C(C)(C)C)C1. The van der Waals surface area contributed by atoms with Crippen molar-refractivity contribution in [2.75, 3.05) is 0 Å². The van der Waals surface area contributed by atoms with Crippen LogP contribution in [0.2, 0.25) is 36.3 Å². The normalized spacial score (nSPS) is 40.6. The Bertz CT molecular complexity index is 832. The lowest BCUT2D eigenvalue weighted by Gasteiger charge is -2.61. The van der Waals surface area contributed by atoms with Crippen LogP contribution in [0.25, 0.3) is 0 Å². The third-order valence-corrected chi connectivity index (χ3v) is 21.4. The van der Waals surface area contributed by atoms with Crippen LogP contribution in [-0.4, -0.2) is 28.8 Å². The number of hydrogen-bond donors (Lipinski definition) is 0. The van der Waals surface area contributed by atoms with E-state index in [9.17, 15) is 0 Å². The van der Waals surface area contributed by atoms with Gasteiger partial charge in [-0.15, -0.1) is 0 Å². The Hall–Kier alpha value is 0.0938. The van der Waals surface area contributed by atoms with Gasteiger partial charge in [-0.3, -0.25) is 0 Å². The summed E-state index contributed by atoms with van der Waals surface area (Å²) in [4.78, 5) is 0. The Morgan fingerprint density at radius 1 is 0.829 bits per heavy atom. The van der Waals surface area contributed by atoms with Crippen molar-refractivity contribution in [3.05, 3.63) is 11.6 Å². The minimum absolute atomic E-state index is 0.176. The van der Waals surface area contributed by atoms with Crippen molar-refractivity contribution in [1.82, 2.24) is 0 Å². The smallest absolute Gasteiger partial charge is 0.192 e. The molecule has 0 aromatic heterocycles. The molecule has 2 nitrogen and oxygen atoms in total. The Labute approximate surface area is 220 Å². The van der Waals surface area contributed by atoms with Gasteiger partial charge >= 0.3 is 0 Å². The highest BCUT2D eigenvalue weighted by Gasteiger charge is 2.60. The molecule has 0 aromatic carbocycles. The van der Waals surface area contributed by atoms with Gasteiger partial charge in [0.05, 0.1) is 12.2 Å². The van der Waals surface area contributed by atoms with Gasteiger partial charge in [-0.05, 0) is 104 Å². The van der Waals surface area contributed by atoms with Crippen molar-refractivity contribution in [2.24, 2.45) is 28.6 Å². The van der Waals surface area contributed by atoms with E-state index < -0.39 is 16.6 Å². The molecule has 4 aliphatic rings. The zero-order valence-electron chi connectivity index (χ0n) is 25.4. The van der Waals surface area contributed by atoms with E-state index in [2.05, 4.69) is 87.7 Å². The Balaban J connectivity index is 1.70. The Kier molecular flexibility index (Phi) is 7.08. The van der Waals surface area contributed by atoms with Gasteiger partial charge in [0.1, 0.15) is 0 Å². The molecule has 0 N–H and O–H groups in total. The third kappa shape index (κ3) is 4.74. The van der Waals surface area contributed by atoms with Crippen LogP contribution in [0.3, 0.4) is 0 Å². The number of fused-ring (bicyclic) bond motifs is 5. The second-order valence-corrected chi connectivity index (χ2v) is 26.0. The second-order valence-electron chi connectivity index (χ2n) is 16.5. The highest BCUT2D eigenvalue weighted by atomic mass is 28.4. The molecule has 4 heteroatoms. The number of allylic oxidation sites excluding steroid dienone is 1. The molecule has 4 rings (SSSR count).